The summed E-state index contributed by atoms with van der Waals surface area (Å²) in [6, 6.07) is 28.7. The van der Waals surface area contributed by atoms with Crippen molar-refractivity contribution < 1.29 is 14.2 Å². The minimum absolute atomic E-state index is 0.818. The summed E-state index contributed by atoms with van der Waals surface area (Å²) in [7, 11) is 3.35. The summed E-state index contributed by atoms with van der Waals surface area (Å²) < 4.78 is 17.2. The number of hydrogen-bond donors (Lipinski definition) is 0. The lowest BCUT2D eigenvalue weighted by molar-refractivity contribution is 0.414. The number of methoxy groups -OCH3 is 2. The Morgan fingerprint density at radius 2 is 1.21 bits per heavy atom. The Hall–Kier alpha value is -3.72. The van der Waals surface area contributed by atoms with Gasteiger partial charge in [-0.2, -0.15) is 0 Å². The van der Waals surface area contributed by atoms with Gasteiger partial charge in [-0.25, -0.2) is 0 Å². The summed E-state index contributed by atoms with van der Waals surface area (Å²) in [6.45, 7) is 0. The summed E-state index contributed by atoms with van der Waals surface area (Å²) in [5.41, 5.74) is 4.32. The van der Waals surface area contributed by atoms with Gasteiger partial charge in [0.05, 0.1) is 14.2 Å². The standard InChI is InChI=1S/C26H20O3/c1-27-20-13-9-18(10-14-20)25-22-7-3-5-17-6-4-8-23(24(17)22)29-26(25)19-11-15-21(28-2)16-12-19/h3-16H,1-2H3. The third-order valence-corrected chi connectivity index (χ3v) is 5.31. The second kappa shape index (κ2) is 7.02. The van der Waals surface area contributed by atoms with E-state index in [1.165, 1.54) is 10.9 Å². The second-order valence-corrected chi connectivity index (χ2v) is 6.92. The molecule has 0 unspecified atom stereocenters. The fraction of sp³-hybridized carbons (Fsp3) is 0.0769. The minimum atomic E-state index is 0.818. The topological polar surface area (TPSA) is 27.7 Å². The molecule has 0 spiro atoms. The van der Waals surface area contributed by atoms with Crippen molar-refractivity contribution in [1.29, 1.82) is 0 Å². The van der Waals surface area contributed by atoms with Crippen LogP contribution in [0.25, 0.3) is 22.1 Å². The molecule has 0 saturated heterocycles. The molecule has 29 heavy (non-hydrogen) atoms. The van der Waals surface area contributed by atoms with Crippen LogP contribution in [0.15, 0.2) is 84.9 Å². The predicted molar refractivity (Wildman–Crippen MR) is 116 cm³/mol. The number of benzene rings is 4. The zero-order valence-electron chi connectivity index (χ0n) is 16.3. The van der Waals surface area contributed by atoms with Gasteiger partial charge in [0.25, 0.3) is 0 Å². The molecular formula is C26H20O3. The normalized spacial score (nSPS) is 12.6. The molecule has 1 aliphatic heterocycles. The SMILES string of the molecule is COc1ccc(C2=C(c3ccc(OC)cc3)c3cccc4cccc(c34)O2)cc1. The zero-order valence-corrected chi connectivity index (χ0v) is 16.3. The summed E-state index contributed by atoms with van der Waals surface area (Å²) >= 11 is 0. The van der Waals surface area contributed by atoms with Crippen LogP contribution in [0.5, 0.6) is 17.2 Å². The third-order valence-electron chi connectivity index (χ3n) is 5.31. The Kier molecular flexibility index (Phi) is 4.21. The molecule has 5 rings (SSSR count). The van der Waals surface area contributed by atoms with Crippen molar-refractivity contribution in [3.05, 3.63) is 102 Å². The lowest BCUT2D eigenvalue weighted by Gasteiger charge is -2.25. The summed E-state index contributed by atoms with van der Waals surface area (Å²) in [5.74, 6) is 3.36. The maximum absolute atomic E-state index is 6.49. The van der Waals surface area contributed by atoms with Crippen LogP contribution < -0.4 is 14.2 Å². The van der Waals surface area contributed by atoms with Gasteiger partial charge < -0.3 is 14.2 Å². The van der Waals surface area contributed by atoms with Crippen LogP contribution in [0.2, 0.25) is 0 Å². The van der Waals surface area contributed by atoms with Gasteiger partial charge in [0.1, 0.15) is 23.0 Å². The summed E-state index contributed by atoms with van der Waals surface area (Å²) in [6.07, 6.45) is 0. The molecule has 0 radical (unpaired) electrons. The van der Waals surface area contributed by atoms with E-state index in [2.05, 4.69) is 36.4 Å². The van der Waals surface area contributed by atoms with Crippen LogP contribution in [0.3, 0.4) is 0 Å². The first-order valence-corrected chi connectivity index (χ1v) is 9.51. The molecule has 4 aromatic rings. The van der Waals surface area contributed by atoms with E-state index >= 15 is 0 Å². The molecule has 0 atom stereocenters. The Labute approximate surface area is 169 Å². The first kappa shape index (κ1) is 17.4. The van der Waals surface area contributed by atoms with Gasteiger partial charge in [-0.1, -0.05) is 42.5 Å². The fourth-order valence-electron chi connectivity index (χ4n) is 3.87. The highest BCUT2D eigenvalue weighted by Gasteiger charge is 2.24. The number of ether oxygens (including phenoxy) is 3. The molecule has 0 aliphatic carbocycles. The van der Waals surface area contributed by atoms with Gasteiger partial charge in [-0.05, 0) is 59.0 Å². The van der Waals surface area contributed by atoms with E-state index in [9.17, 15) is 0 Å². The van der Waals surface area contributed by atoms with Crippen molar-refractivity contribution in [2.75, 3.05) is 14.2 Å². The smallest absolute Gasteiger partial charge is 0.143 e. The molecule has 0 fully saturated rings. The maximum Gasteiger partial charge on any atom is 0.143 e. The van der Waals surface area contributed by atoms with Crippen LogP contribution in [0.1, 0.15) is 16.7 Å². The first-order chi connectivity index (χ1) is 14.3. The van der Waals surface area contributed by atoms with Crippen molar-refractivity contribution in [3.63, 3.8) is 0 Å². The minimum Gasteiger partial charge on any atom is -0.497 e. The van der Waals surface area contributed by atoms with Crippen LogP contribution in [0, 0.1) is 0 Å². The van der Waals surface area contributed by atoms with E-state index in [0.29, 0.717) is 0 Å². The predicted octanol–water partition coefficient (Wildman–Crippen LogP) is 6.17. The van der Waals surface area contributed by atoms with Gasteiger partial charge in [-0.15, -0.1) is 0 Å². The van der Waals surface area contributed by atoms with Crippen LogP contribution in [-0.4, -0.2) is 14.2 Å². The van der Waals surface area contributed by atoms with E-state index in [1.807, 2.05) is 48.5 Å². The van der Waals surface area contributed by atoms with Crippen LogP contribution in [0.4, 0.5) is 0 Å². The highest BCUT2D eigenvalue weighted by atomic mass is 16.5. The first-order valence-electron chi connectivity index (χ1n) is 9.51. The lowest BCUT2D eigenvalue weighted by atomic mass is 9.88. The van der Waals surface area contributed by atoms with Crippen LogP contribution >= 0.6 is 0 Å². The Morgan fingerprint density at radius 3 is 1.83 bits per heavy atom. The number of rotatable bonds is 4. The van der Waals surface area contributed by atoms with E-state index in [0.717, 1.165) is 45.1 Å². The van der Waals surface area contributed by atoms with Gasteiger partial charge in [-0.3, -0.25) is 0 Å². The Bertz CT molecular complexity index is 1210. The summed E-state index contributed by atoms with van der Waals surface area (Å²) in [5, 5.41) is 2.30. The van der Waals surface area contributed by atoms with Crippen molar-refractivity contribution in [3.8, 4) is 17.2 Å². The monoisotopic (exact) mass is 380 g/mol. The largest absolute Gasteiger partial charge is 0.497 e. The van der Waals surface area contributed by atoms with Gasteiger partial charge >= 0.3 is 0 Å². The Morgan fingerprint density at radius 1 is 0.621 bits per heavy atom. The Balaban J connectivity index is 1.79. The average molecular weight is 380 g/mol. The summed E-state index contributed by atoms with van der Waals surface area (Å²) in [4.78, 5) is 0. The van der Waals surface area contributed by atoms with E-state index < -0.39 is 0 Å². The molecule has 4 aromatic carbocycles. The highest BCUT2D eigenvalue weighted by molar-refractivity contribution is 6.10. The molecule has 1 heterocycles. The molecule has 0 amide bonds. The molecular weight excluding hydrogens is 360 g/mol. The average Bonchev–Trinajstić information content (AvgIpc) is 2.79. The van der Waals surface area contributed by atoms with Gasteiger partial charge in [0.2, 0.25) is 0 Å². The molecule has 0 bridgehead atoms. The fourth-order valence-corrected chi connectivity index (χ4v) is 3.87. The molecule has 0 saturated carbocycles. The van der Waals surface area contributed by atoms with Crippen LogP contribution in [-0.2, 0) is 0 Å². The third kappa shape index (κ3) is 2.92. The second-order valence-electron chi connectivity index (χ2n) is 6.92. The van der Waals surface area contributed by atoms with E-state index in [-0.39, 0.29) is 0 Å². The van der Waals surface area contributed by atoms with Gasteiger partial charge in [0.15, 0.2) is 0 Å². The van der Waals surface area contributed by atoms with Crippen molar-refractivity contribution >= 4 is 22.1 Å². The van der Waals surface area contributed by atoms with Crippen molar-refractivity contribution in [1.82, 2.24) is 0 Å². The molecule has 142 valence electrons. The van der Waals surface area contributed by atoms with E-state index in [4.69, 9.17) is 14.2 Å². The van der Waals surface area contributed by atoms with E-state index in [1.54, 1.807) is 14.2 Å². The molecule has 0 N–H and O–H groups in total. The maximum atomic E-state index is 6.49. The number of hydrogen-bond acceptors (Lipinski definition) is 3. The quantitative estimate of drug-likeness (QED) is 0.424. The molecule has 1 aliphatic rings. The lowest BCUT2D eigenvalue weighted by Crippen LogP contribution is -2.07. The highest BCUT2D eigenvalue weighted by Crippen LogP contribution is 2.45. The molecule has 0 aromatic heterocycles. The molecule has 3 heteroatoms. The van der Waals surface area contributed by atoms with Crippen molar-refractivity contribution in [2.45, 2.75) is 0 Å². The zero-order chi connectivity index (χ0) is 19.8. The van der Waals surface area contributed by atoms with Gasteiger partial charge in [0, 0.05) is 16.5 Å². The molecule has 3 nitrogen and oxygen atoms in total. The van der Waals surface area contributed by atoms with Crippen molar-refractivity contribution in [2.24, 2.45) is 0 Å².